The molecule has 1 unspecified atom stereocenters. The summed E-state index contributed by atoms with van der Waals surface area (Å²) in [7, 11) is 0.920. The molecule has 124 valence electrons. The van der Waals surface area contributed by atoms with Gasteiger partial charge in [-0.1, -0.05) is 0 Å². The van der Waals surface area contributed by atoms with Crippen LogP contribution in [-0.2, 0) is 16.3 Å². The fourth-order valence-corrected chi connectivity index (χ4v) is 5.18. The maximum absolute atomic E-state index is 11.5. The third-order valence-corrected chi connectivity index (χ3v) is 6.59. The Hall–Kier alpha value is -1.15. The molecule has 2 heterocycles. The summed E-state index contributed by atoms with van der Waals surface area (Å²) in [5.41, 5.74) is 0. The molecule has 1 aromatic rings. The topological polar surface area (TPSA) is 74.7 Å². The predicted octanol–water partition coefficient (Wildman–Crippen LogP) is 0.936. The molecular weight excluding hydrogens is 320 g/mol. The quantitative estimate of drug-likeness (QED) is 0.635. The number of aryl methyl sites for hydroxylation is 1. The van der Waals surface area contributed by atoms with Crippen LogP contribution in [0.3, 0.4) is 0 Å². The smallest absolute Gasteiger partial charge is 0.193 e. The standard InChI is InChI=1S/C14H24N4O2S2/c1-11-8-16-13(21-11)4-6-18(3)14(15-2)17-9-12-5-7-22(19,20)10-12/h8,12H,4-7,9-10H2,1-3H3,(H,15,17). The van der Waals surface area contributed by atoms with E-state index in [4.69, 9.17) is 0 Å². The first-order valence-electron chi connectivity index (χ1n) is 7.43. The van der Waals surface area contributed by atoms with E-state index in [2.05, 4.69) is 27.1 Å². The van der Waals surface area contributed by atoms with Gasteiger partial charge in [-0.3, -0.25) is 4.99 Å². The highest BCUT2D eigenvalue weighted by Gasteiger charge is 2.27. The molecule has 22 heavy (non-hydrogen) atoms. The van der Waals surface area contributed by atoms with Crippen LogP contribution in [0.1, 0.15) is 16.3 Å². The van der Waals surface area contributed by atoms with Crippen LogP contribution in [0.25, 0.3) is 0 Å². The van der Waals surface area contributed by atoms with Crippen molar-refractivity contribution in [1.82, 2.24) is 15.2 Å². The number of guanidine groups is 1. The first-order valence-corrected chi connectivity index (χ1v) is 10.1. The van der Waals surface area contributed by atoms with Gasteiger partial charge < -0.3 is 10.2 Å². The molecule has 1 aliphatic heterocycles. The zero-order valence-corrected chi connectivity index (χ0v) is 15.0. The third kappa shape index (κ3) is 4.95. The minimum atomic E-state index is -2.81. The molecule has 0 radical (unpaired) electrons. The number of rotatable bonds is 5. The van der Waals surface area contributed by atoms with E-state index in [1.165, 1.54) is 4.88 Å². The van der Waals surface area contributed by atoms with Gasteiger partial charge in [0.2, 0.25) is 0 Å². The van der Waals surface area contributed by atoms with Gasteiger partial charge in [0.15, 0.2) is 15.8 Å². The van der Waals surface area contributed by atoms with Crippen molar-refractivity contribution in [2.75, 3.05) is 38.7 Å². The largest absolute Gasteiger partial charge is 0.356 e. The number of likely N-dealkylation sites (N-methyl/N-ethyl adjacent to an activating group) is 1. The second-order valence-electron chi connectivity index (χ2n) is 5.73. The van der Waals surface area contributed by atoms with Crippen LogP contribution in [0.2, 0.25) is 0 Å². The van der Waals surface area contributed by atoms with Crippen LogP contribution >= 0.6 is 11.3 Å². The molecule has 1 aliphatic rings. The van der Waals surface area contributed by atoms with E-state index in [1.807, 2.05) is 13.2 Å². The number of hydrogen-bond donors (Lipinski definition) is 1. The van der Waals surface area contributed by atoms with Crippen molar-refractivity contribution < 1.29 is 8.42 Å². The molecule has 8 heteroatoms. The predicted molar refractivity (Wildman–Crippen MR) is 91.3 cm³/mol. The van der Waals surface area contributed by atoms with E-state index in [0.717, 1.165) is 30.4 Å². The Balaban J connectivity index is 1.78. The second kappa shape index (κ2) is 7.41. The van der Waals surface area contributed by atoms with Crippen molar-refractivity contribution in [2.24, 2.45) is 10.9 Å². The van der Waals surface area contributed by atoms with E-state index < -0.39 is 9.84 Å². The minimum Gasteiger partial charge on any atom is -0.356 e. The lowest BCUT2D eigenvalue weighted by atomic mass is 10.1. The number of nitrogens with one attached hydrogen (secondary N) is 1. The summed E-state index contributed by atoms with van der Waals surface area (Å²) in [6, 6.07) is 0. The molecule has 2 rings (SSSR count). The Morgan fingerprint density at radius 2 is 2.36 bits per heavy atom. The molecule has 1 fully saturated rings. The van der Waals surface area contributed by atoms with Gasteiger partial charge in [0.1, 0.15) is 0 Å². The number of aliphatic imine (C=N–C) groups is 1. The van der Waals surface area contributed by atoms with E-state index in [1.54, 1.807) is 18.4 Å². The molecule has 0 aromatic carbocycles. The SMILES string of the molecule is CN=C(NCC1CCS(=O)(=O)C1)N(C)CCc1ncc(C)s1. The molecule has 1 saturated heterocycles. The van der Waals surface area contributed by atoms with Crippen LogP contribution in [0.5, 0.6) is 0 Å². The minimum absolute atomic E-state index is 0.191. The molecular formula is C14H24N4O2S2. The van der Waals surface area contributed by atoms with Crippen LogP contribution in [0.4, 0.5) is 0 Å². The molecule has 1 N–H and O–H groups in total. The first kappa shape index (κ1) is 17.2. The summed E-state index contributed by atoms with van der Waals surface area (Å²) in [6.45, 7) is 3.54. The lowest BCUT2D eigenvalue weighted by molar-refractivity contribution is 0.470. The second-order valence-corrected chi connectivity index (χ2v) is 9.28. The van der Waals surface area contributed by atoms with Crippen LogP contribution < -0.4 is 5.32 Å². The van der Waals surface area contributed by atoms with E-state index in [0.29, 0.717) is 18.1 Å². The van der Waals surface area contributed by atoms with Crippen LogP contribution in [0, 0.1) is 12.8 Å². The fraction of sp³-hybridized carbons (Fsp3) is 0.714. The number of sulfone groups is 1. The summed E-state index contributed by atoms with van der Waals surface area (Å²) in [4.78, 5) is 11.9. The lowest BCUT2D eigenvalue weighted by Gasteiger charge is -2.22. The van der Waals surface area contributed by atoms with Gasteiger partial charge in [0.05, 0.1) is 16.5 Å². The van der Waals surface area contributed by atoms with Gasteiger partial charge in [0, 0.05) is 44.7 Å². The van der Waals surface area contributed by atoms with E-state index in [-0.39, 0.29) is 5.92 Å². The number of aromatic nitrogens is 1. The Morgan fingerprint density at radius 1 is 1.59 bits per heavy atom. The Morgan fingerprint density at radius 3 is 2.91 bits per heavy atom. The molecule has 6 nitrogen and oxygen atoms in total. The summed E-state index contributed by atoms with van der Waals surface area (Å²) < 4.78 is 23.0. The Bertz CT molecular complexity index is 625. The molecule has 0 spiro atoms. The summed E-state index contributed by atoms with van der Waals surface area (Å²) in [5, 5.41) is 4.41. The van der Waals surface area contributed by atoms with Gasteiger partial charge in [-0.2, -0.15) is 0 Å². The maximum Gasteiger partial charge on any atom is 0.193 e. The zero-order chi connectivity index (χ0) is 16.2. The van der Waals surface area contributed by atoms with Gasteiger partial charge >= 0.3 is 0 Å². The highest BCUT2D eigenvalue weighted by atomic mass is 32.2. The number of nitrogens with zero attached hydrogens (tertiary/aromatic N) is 3. The van der Waals surface area contributed by atoms with Gasteiger partial charge in [-0.05, 0) is 19.3 Å². The van der Waals surface area contributed by atoms with Crippen molar-refractivity contribution in [3.63, 3.8) is 0 Å². The highest BCUT2D eigenvalue weighted by Crippen LogP contribution is 2.17. The molecule has 1 aromatic heterocycles. The summed E-state index contributed by atoms with van der Waals surface area (Å²) >= 11 is 1.72. The summed E-state index contributed by atoms with van der Waals surface area (Å²) in [5.74, 6) is 1.60. The zero-order valence-electron chi connectivity index (χ0n) is 13.4. The molecule has 1 atom stereocenters. The average molecular weight is 345 g/mol. The van der Waals surface area contributed by atoms with E-state index in [9.17, 15) is 8.42 Å². The highest BCUT2D eigenvalue weighted by molar-refractivity contribution is 7.91. The Kier molecular flexibility index (Phi) is 5.80. The number of thiazole rings is 1. The van der Waals surface area contributed by atoms with Gasteiger partial charge in [-0.15, -0.1) is 11.3 Å². The first-order chi connectivity index (χ1) is 10.4. The lowest BCUT2D eigenvalue weighted by Crippen LogP contribution is -2.42. The van der Waals surface area contributed by atoms with Crippen molar-refractivity contribution in [3.8, 4) is 0 Å². The monoisotopic (exact) mass is 344 g/mol. The van der Waals surface area contributed by atoms with Crippen LogP contribution in [0.15, 0.2) is 11.2 Å². The molecule has 0 bridgehead atoms. The molecule has 0 aliphatic carbocycles. The van der Waals surface area contributed by atoms with Gasteiger partial charge in [0.25, 0.3) is 0 Å². The molecule has 0 saturated carbocycles. The maximum atomic E-state index is 11.5. The van der Waals surface area contributed by atoms with E-state index >= 15 is 0 Å². The fourth-order valence-electron chi connectivity index (χ4n) is 2.54. The third-order valence-electron chi connectivity index (χ3n) is 3.78. The number of hydrogen-bond acceptors (Lipinski definition) is 5. The average Bonchev–Trinajstić information content (AvgIpc) is 3.02. The molecule has 0 amide bonds. The van der Waals surface area contributed by atoms with Crippen molar-refractivity contribution in [3.05, 3.63) is 16.1 Å². The Labute approximate surface area is 136 Å². The van der Waals surface area contributed by atoms with Crippen molar-refractivity contribution in [2.45, 2.75) is 19.8 Å². The van der Waals surface area contributed by atoms with Crippen LogP contribution in [-0.4, -0.2) is 63.0 Å². The van der Waals surface area contributed by atoms with Crippen molar-refractivity contribution in [1.29, 1.82) is 0 Å². The summed E-state index contributed by atoms with van der Waals surface area (Å²) in [6.07, 6.45) is 3.52. The van der Waals surface area contributed by atoms with Crippen molar-refractivity contribution >= 4 is 27.1 Å². The van der Waals surface area contributed by atoms with Gasteiger partial charge in [-0.25, -0.2) is 13.4 Å². The normalized spacial score (nSPS) is 21.0.